The number of carbonyl (C=O) groups is 2. The van der Waals surface area contributed by atoms with Crippen molar-refractivity contribution in [1.29, 1.82) is 0 Å². The zero-order valence-electron chi connectivity index (χ0n) is 8.99. The minimum atomic E-state index is -1.08. The van der Waals surface area contributed by atoms with E-state index in [0.29, 0.717) is 6.42 Å². The molecular weight excluding hydrogens is 196 g/mol. The van der Waals surface area contributed by atoms with Crippen LogP contribution in [0.3, 0.4) is 0 Å². The zero-order chi connectivity index (χ0) is 11.4. The van der Waals surface area contributed by atoms with E-state index < -0.39 is 17.5 Å². The van der Waals surface area contributed by atoms with E-state index in [4.69, 9.17) is 5.11 Å². The lowest BCUT2D eigenvalue weighted by Gasteiger charge is -2.38. The van der Waals surface area contributed by atoms with Crippen molar-refractivity contribution in [1.82, 2.24) is 0 Å². The van der Waals surface area contributed by atoms with Gasteiger partial charge in [-0.2, -0.15) is 0 Å². The molecule has 84 valence electrons. The molecule has 0 aromatic heterocycles. The topological polar surface area (TPSA) is 74.6 Å². The normalized spacial score (nSPS) is 42.2. The van der Waals surface area contributed by atoms with Gasteiger partial charge in [-0.1, -0.05) is 13.8 Å². The van der Waals surface area contributed by atoms with Crippen LogP contribution < -0.4 is 0 Å². The number of Topliss-reactive ketones (excluding diaryl/α,β-unsaturated/α-hetero) is 1. The number of carbonyl (C=O) groups excluding carboxylic acids is 1. The van der Waals surface area contributed by atoms with Gasteiger partial charge >= 0.3 is 5.97 Å². The summed E-state index contributed by atoms with van der Waals surface area (Å²) in [6.45, 7) is 3.81. The van der Waals surface area contributed by atoms with Gasteiger partial charge in [-0.15, -0.1) is 0 Å². The third-order valence-electron chi connectivity index (χ3n) is 4.64. The minimum Gasteiger partial charge on any atom is -0.481 e. The van der Waals surface area contributed by atoms with Crippen LogP contribution in [0.1, 0.15) is 33.1 Å². The molecule has 2 bridgehead atoms. The number of rotatable bonds is 2. The van der Waals surface area contributed by atoms with Gasteiger partial charge in [-0.05, 0) is 18.3 Å². The smallest absolute Gasteiger partial charge is 0.304 e. The lowest BCUT2D eigenvalue weighted by atomic mass is 9.66. The Morgan fingerprint density at radius 3 is 2.53 bits per heavy atom. The summed E-state index contributed by atoms with van der Waals surface area (Å²) in [5.74, 6) is -1.25. The van der Waals surface area contributed by atoms with Crippen LogP contribution in [0.15, 0.2) is 0 Å². The number of aliphatic hydroxyl groups excluding tert-OH is 1. The number of hydrogen-bond donors (Lipinski definition) is 2. The van der Waals surface area contributed by atoms with Crippen molar-refractivity contribution in [3.05, 3.63) is 0 Å². The summed E-state index contributed by atoms with van der Waals surface area (Å²) >= 11 is 0. The Bertz CT molecular complexity index is 333. The first-order valence-corrected chi connectivity index (χ1v) is 5.26. The molecule has 0 unspecified atom stereocenters. The monoisotopic (exact) mass is 212 g/mol. The predicted octanol–water partition coefficient (Wildman–Crippen LogP) is 0.827. The van der Waals surface area contributed by atoms with Crippen molar-refractivity contribution in [3.8, 4) is 0 Å². The highest BCUT2D eigenvalue weighted by Gasteiger charge is 2.68. The summed E-state index contributed by atoms with van der Waals surface area (Å²) in [6, 6.07) is 0. The van der Waals surface area contributed by atoms with Gasteiger partial charge in [-0.3, -0.25) is 9.59 Å². The van der Waals surface area contributed by atoms with Gasteiger partial charge < -0.3 is 10.2 Å². The number of aliphatic carboxylic acids is 1. The summed E-state index contributed by atoms with van der Waals surface area (Å²) < 4.78 is 0. The van der Waals surface area contributed by atoms with Crippen molar-refractivity contribution in [2.75, 3.05) is 0 Å². The number of carboxylic acid groups (broad SMARTS) is 1. The van der Waals surface area contributed by atoms with E-state index in [2.05, 4.69) is 0 Å². The van der Waals surface area contributed by atoms with Gasteiger partial charge in [0.25, 0.3) is 0 Å². The summed E-state index contributed by atoms with van der Waals surface area (Å²) in [7, 11) is 0. The van der Waals surface area contributed by atoms with Crippen LogP contribution in [0, 0.1) is 16.7 Å². The summed E-state index contributed by atoms with van der Waals surface area (Å²) in [4.78, 5) is 22.6. The zero-order valence-corrected chi connectivity index (χ0v) is 8.99. The molecule has 2 aliphatic rings. The average Bonchev–Trinajstić information content (AvgIpc) is 2.41. The molecule has 0 aromatic carbocycles. The van der Waals surface area contributed by atoms with E-state index in [9.17, 15) is 14.7 Å². The van der Waals surface area contributed by atoms with Crippen molar-refractivity contribution in [3.63, 3.8) is 0 Å². The molecule has 2 fully saturated rings. The molecule has 2 aliphatic carbocycles. The van der Waals surface area contributed by atoms with Crippen molar-refractivity contribution in [2.24, 2.45) is 16.7 Å². The first kappa shape index (κ1) is 10.6. The Kier molecular flexibility index (Phi) is 1.99. The molecule has 0 amide bonds. The van der Waals surface area contributed by atoms with E-state index in [1.165, 1.54) is 0 Å². The van der Waals surface area contributed by atoms with Gasteiger partial charge in [0, 0.05) is 11.3 Å². The van der Waals surface area contributed by atoms with Crippen molar-refractivity contribution in [2.45, 2.75) is 39.2 Å². The maximum absolute atomic E-state index is 11.7. The molecule has 0 radical (unpaired) electrons. The molecule has 2 rings (SSSR count). The van der Waals surface area contributed by atoms with E-state index in [-0.39, 0.29) is 23.5 Å². The van der Waals surface area contributed by atoms with Gasteiger partial charge in [-0.25, -0.2) is 0 Å². The van der Waals surface area contributed by atoms with Crippen LogP contribution in [0.5, 0.6) is 0 Å². The number of carboxylic acids is 1. The second-order valence-electron chi connectivity index (χ2n) is 5.34. The van der Waals surface area contributed by atoms with Crippen LogP contribution in [0.2, 0.25) is 0 Å². The van der Waals surface area contributed by atoms with Crippen LogP contribution in [-0.4, -0.2) is 28.1 Å². The van der Waals surface area contributed by atoms with Gasteiger partial charge in [0.15, 0.2) is 5.78 Å². The first-order valence-electron chi connectivity index (χ1n) is 5.26. The Balaban J connectivity index is 2.44. The molecule has 0 heterocycles. The van der Waals surface area contributed by atoms with Crippen LogP contribution in [-0.2, 0) is 9.59 Å². The highest BCUT2D eigenvalue weighted by molar-refractivity contribution is 5.92. The third-order valence-corrected chi connectivity index (χ3v) is 4.64. The highest BCUT2D eigenvalue weighted by Crippen LogP contribution is 2.65. The highest BCUT2D eigenvalue weighted by atomic mass is 16.4. The molecule has 0 aromatic rings. The first-order chi connectivity index (χ1) is 6.83. The van der Waals surface area contributed by atoms with Gasteiger partial charge in [0.05, 0.1) is 6.42 Å². The van der Waals surface area contributed by atoms with E-state index >= 15 is 0 Å². The third kappa shape index (κ3) is 1.06. The number of fused-ring (bicyclic) bond motifs is 2. The van der Waals surface area contributed by atoms with Crippen LogP contribution >= 0.6 is 0 Å². The van der Waals surface area contributed by atoms with Crippen LogP contribution in [0.25, 0.3) is 0 Å². The standard InChI is InChI=1S/C11H16O4/c1-10(2)6-3-4-11(10,5-7(12)13)9(15)8(6)14/h6,9,15H,3-5H2,1-2H3,(H,12,13)/t6-,9-,11-/m1/s1. The number of hydrogen-bond acceptors (Lipinski definition) is 3. The molecule has 3 atom stereocenters. The quantitative estimate of drug-likeness (QED) is 0.710. The number of aliphatic hydroxyl groups is 1. The van der Waals surface area contributed by atoms with E-state index in [1.54, 1.807) is 0 Å². The molecule has 0 aliphatic heterocycles. The summed E-state index contributed by atoms with van der Waals surface area (Å²) in [5, 5.41) is 18.8. The fraction of sp³-hybridized carbons (Fsp3) is 0.818. The van der Waals surface area contributed by atoms with Gasteiger partial charge in [0.2, 0.25) is 0 Å². The molecule has 0 spiro atoms. The Morgan fingerprint density at radius 2 is 2.13 bits per heavy atom. The maximum atomic E-state index is 11.7. The predicted molar refractivity (Wildman–Crippen MR) is 52.2 cm³/mol. The fourth-order valence-electron chi connectivity index (χ4n) is 3.56. The van der Waals surface area contributed by atoms with Gasteiger partial charge in [0.1, 0.15) is 6.10 Å². The molecule has 4 heteroatoms. The lowest BCUT2D eigenvalue weighted by molar-refractivity contribution is -0.146. The fourth-order valence-corrected chi connectivity index (χ4v) is 3.56. The summed E-state index contributed by atoms with van der Waals surface area (Å²) in [5.41, 5.74) is -1.12. The summed E-state index contributed by atoms with van der Waals surface area (Å²) in [6.07, 6.45) is 0.172. The van der Waals surface area contributed by atoms with Crippen molar-refractivity contribution < 1.29 is 19.8 Å². The average molecular weight is 212 g/mol. The largest absolute Gasteiger partial charge is 0.481 e. The van der Waals surface area contributed by atoms with Crippen LogP contribution in [0.4, 0.5) is 0 Å². The Labute approximate surface area is 88.3 Å². The Hall–Kier alpha value is -0.900. The van der Waals surface area contributed by atoms with E-state index in [0.717, 1.165) is 6.42 Å². The SMILES string of the molecule is CC1(C)[C@@H]2CC[C@@]1(CC(=O)O)[C@H](O)C2=O. The van der Waals surface area contributed by atoms with E-state index in [1.807, 2.05) is 13.8 Å². The molecular formula is C11H16O4. The molecule has 0 saturated heterocycles. The molecule has 4 nitrogen and oxygen atoms in total. The Morgan fingerprint density at radius 1 is 1.53 bits per heavy atom. The molecule has 2 saturated carbocycles. The maximum Gasteiger partial charge on any atom is 0.304 e. The second kappa shape index (κ2) is 2.82. The lowest BCUT2D eigenvalue weighted by Crippen LogP contribution is -2.42. The second-order valence-corrected chi connectivity index (χ2v) is 5.34. The number of ketones is 1. The minimum absolute atomic E-state index is 0.108. The van der Waals surface area contributed by atoms with Crippen molar-refractivity contribution >= 4 is 11.8 Å². The molecule has 15 heavy (non-hydrogen) atoms. The molecule has 2 N–H and O–H groups in total.